The van der Waals surface area contributed by atoms with Crippen LogP contribution in [0.1, 0.15) is 76.5 Å². The van der Waals surface area contributed by atoms with E-state index in [0.29, 0.717) is 17.2 Å². The van der Waals surface area contributed by atoms with Crippen molar-refractivity contribution in [1.82, 2.24) is 5.32 Å². The Morgan fingerprint density at radius 2 is 1.51 bits per heavy atom. The van der Waals surface area contributed by atoms with E-state index in [1.807, 2.05) is 52.0 Å². The highest BCUT2D eigenvalue weighted by Gasteiger charge is 2.20. The number of amides is 1. The predicted molar refractivity (Wildman–Crippen MR) is 151 cm³/mol. The Hall–Kier alpha value is -3.32. The highest BCUT2D eigenvalue weighted by molar-refractivity contribution is 7.92. The maximum atomic E-state index is 13.0. The van der Waals surface area contributed by atoms with Crippen molar-refractivity contribution in [3.8, 4) is 5.75 Å². The number of nitrogens with one attached hydrogen (secondary N) is 1. The van der Waals surface area contributed by atoms with Crippen LogP contribution in [0.5, 0.6) is 5.75 Å². The molecule has 198 valence electrons. The third-order valence-corrected chi connectivity index (χ3v) is 7.63. The van der Waals surface area contributed by atoms with E-state index < -0.39 is 10.0 Å². The normalized spacial score (nSPS) is 12.4. The molecule has 3 rings (SSSR count). The van der Waals surface area contributed by atoms with Crippen molar-refractivity contribution in [1.29, 1.82) is 0 Å². The maximum Gasteiger partial charge on any atom is 0.251 e. The molecule has 7 heteroatoms. The summed E-state index contributed by atoms with van der Waals surface area (Å²) in [5, 5.41) is 3.09. The molecule has 0 aliphatic carbocycles. The Bertz CT molecular complexity index is 1360. The lowest BCUT2D eigenvalue weighted by Gasteiger charge is -2.24. The van der Waals surface area contributed by atoms with E-state index in [9.17, 15) is 13.2 Å². The van der Waals surface area contributed by atoms with Gasteiger partial charge in [0.1, 0.15) is 5.75 Å². The lowest BCUT2D eigenvalue weighted by Crippen LogP contribution is -2.29. The van der Waals surface area contributed by atoms with Crippen molar-refractivity contribution in [2.45, 2.75) is 60.0 Å². The van der Waals surface area contributed by atoms with Crippen molar-refractivity contribution in [3.05, 3.63) is 93.5 Å². The van der Waals surface area contributed by atoms with Gasteiger partial charge in [-0.3, -0.25) is 9.10 Å². The summed E-state index contributed by atoms with van der Waals surface area (Å²) < 4.78 is 32.1. The van der Waals surface area contributed by atoms with Crippen LogP contribution in [0.4, 0.5) is 5.69 Å². The zero-order valence-corrected chi connectivity index (χ0v) is 23.9. The number of anilines is 1. The Balaban J connectivity index is 1.78. The Morgan fingerprint density at radius 1 is 0.919 bits per heavy atom. The van der Waals surface area contributed by atoms with Crippen LogP contribution >= 0.6 is 0 Å². The zero-order chi connectivity index (χ0) is 27.5. The summed E-state index contributed by atoms with van der Waals surface area (Å²) >= 11 is 0. The molecule has 1 N–H and O–H groups in total. The van der Waals surface area contributed by atoms with Gasteiger partial charge in [0.05, 0.1) is 31.6 Å². The molecule has 3 aromatic carbocycles. The van der Waals surface area contributed by atoms with Crippen LogP contribution in [0, 0.1) is 20.8 Å². The number of carbonyl (C=O) groups excluding carboxylic acids is 1. The molecule has 0 heterocycles. The number of hydrogen-bond acceptors (Lipinski definition) is 4. The molecule has 0 fully saturated rings. The first-order chi connectivity index (χ1) is 17.3. The molecular weight excluding hydrogens is 484 g/mol. The van der Waals surface area contributed by atoms with Crippen molar-refractivity contribution < 1.29 is 17.9 Å². The maximum absolute atomic E-state index is 13.0. The summed E-state index contributed by atoms with van der Waals surface area (Å²) in [5.74, 6) is 0.962. The van der Waals surface area contributed by atoms with Crippen LogP contribution in [0.15, 0.2) is 54.6 Å². The number of ether oxygens (including phenoxy) is 1. The number of carbonyl (C=O) groups is 1. The Labute approximate surface area is 221 Å². The van der Waals surface area contributed by atoms with Gasteiger partial charge < -0.3 is 10.1 Å². The van der Waals surface area contributed by atoms with Crippen molar-refractivity contribution in [2.75, 3.05) is 17.7 Å². The highest BCUT2D eigenvalue weighted by atomic mass is 32.2. The summed E-state index contributed by atoms with van der Waals surface area (Å²) in [6.45, 7) is 12.3. The molecule has 3 aromatic rings. The number of methoxy groups -OCH3 is 1. The number of hydrogen-bond donors (Lipinski definition) is 1. The summed E-state index contributed by atoms with van der Waals surface area (Å²) in [4.78, 5) is 13.0. The van der Waals surface area contributed by atoms with Gasteiger partial charge in [-0.05, 0) is 103 Å². The van der Waals surface area contributed by atoms with Gasteiger partial charge in [0.15, 0.2) is 0 Å². The van der Waals surface area contributed by atoms with Gasteiger partial charge in [0, 0.05) is 5.56 Å². The predicted octanol–water partition coefficient (Wildman–Crippen LogP) is 6.20. The van der Waals surface area contributed by atoms with Gasteiger partial charge in [-0.1, -0.05) is 32.0 Å². The molecule has 0 radical (unpaired) electrons. The second-order valence-electron chi connectivity index (χ2n) is 10.1. The molecule has 0 aliphatic rings. The van der Waals surface area contributed by atoms with Gasteiger partial charge in [0.25, 0.3) is 5.91 Å². The monoisotopic (exact) mass is 522 g/mol. The van der Waals surface area contributed by atoms with Crippen molar-refractivity contribution in [3.63, 3.8) is 0 Å². The molecule has 0 spiro atoms. The number of rotatable bonds is 9. The fourth-order valence-corrected chi connectivity index (χ4v) is 5.46. The molecule has 37 heavy (non-hydrogen) atoms. The van der Waals surface area contributed by atoms with Gasteiger partial charge in [-0.25, -0.2) is 8.42 Å². The average Bonchev–Trinajstić information content (AvgIpc) is 2.80. The summed E-state index contributed by atoms with van der Waals surface area (Å²) in [7, 11) is -1.82. The molecule has 0 saturated carbocycles. The molecule has 1 atom stereocenters. The first kappa shape index (κ1) is 28.3. The van der Waals surface area contributed by atoms with Gasteiger partial charge in [0.2, 0.25) is 10.0 Å². The van der Waals surface area contributed by atoms with Gasteiger partial charge in [-0.15, -0.1) is 0 Å². The first-order valence-corrected chi connectivity index (χ1v) is 14.3. The first-order valence-electron chi connectivity index (χ1n) is 12.4. The minimum atomic E-state index is -3.50. The zero-order valence-electron chi connectivity index (χ0n) is 23.0. The fourth-order valence-electron chi connectivity index (χ4n) is 4.59. The SMILES string of the molecule is COc1cc(C)c([C@@H](C)NC(=O)c2ccc(CN(c3cc(C)cc(C)c3)S(C)(=O)=O)cc2)cc1C(C)C. The fraction of sp³-hybridized carbons (Fsp3) is 0.367. The second kappa shape index (κ2) is 11.4. The second-order valence-corrected chi connectivity index (χ2v) is 12.0. The van der Waals surface area contributed by atoms with Crippen LogP contribution < -0.4 is 14.4 Å². The van der Waals surface area contributed by atoms with Crippen LogP contribution in [0.3, 0.4) is 0 Å². The van der Waals surface area contributed by atoms with Crippen LogP contribution in [0.25, 0.3) is 0 Å². The Morgan fingerprint density at radius 3 is 2.03 bits per heavy atom. The Kier molecular flexibility index (Phi) is 8.69. The molecule has 1 amide bonds. The summed E-state index contributed by atoms with van der Waals surface area (Å²) in [5.41, 5.74) is 7.14. The average molecular weight is 523 g/mol. The van der Waals surface area contributed by atoms with E-state index in [1.54, 1.807) is 31.4 Å². The molecule has 0 saturated heterocycles. The molecule has 0 aromatic heterocycles. The molecule has 0 unspecified atom stereocenters. The van der Waals surface area contributed by atoms with E-state index in [0.717, 1.165) is 39.1 Å². The van der Waals surface area contributed by atoms with E-state index >= 15 is 0 Å². The van der Waals surface area contributed by atoms with Crippen LogP contribution in [-0.4, -0.2) is 27.7 Å². The number of nitrogens with zero attached hydrogens (tertiary/aromatic N) is 1. The smallest absolute Gasteiger partial charge is 0.251 e. The summed E-state index contributed by atoms with van der Waals surface area (Å²) in [6, 6.07) is 16.7. The number of aryl methyl sites for hydroxylation is 3. The molecule has 0 bridgehead atoms. The topological polar surface area (TPSA) is 75.7 Å². The lowest BCUT2D eigenvalue weighted by atomic mass is 9.93. The van der Waals surface area contributed by atoms with Crippen LogP contribution in [-0.2, 0) is 16.6 Å². The van der Waals surface area contributed by atoms with E-state index in [1.165, 1.54) is 10.6 Å². The minimum absolute atomic E-state index is 0.184. The van der Waals surface area contributed by atoms with Gasteiger partial charge in [-0.2, -0.15) is 0 Å². The van der Waals surface area contributed by atoms with E-state index in [2.05, 4.69) is 25.2 Å². The third kappa shape index (κ3) is 6.92. The lowest BCUT2D eigenvalue weighted by molar-refractivity contribution is 0.0939. The van der Waals surface area contributed by atoms with E-state index in [4.69, 9.17) is 4.74 Å². The van der Waals surface area contributed by atoms with Crippen molar-refractivity contribution >= 4 is 21.6 Å². The van der Waals surface area contributed by atoms with Gasteiger partial charge >= 0.3 is 0 Å². The minimum Gasteiger partial charge on any atom is -0.496 e. The van der Waals surface area contributed by atoms with E-state index in [-0.39, 0.29) is 18.5 Å². The summed E-state index contributed by atoms with van der Waals surface area (Å²) in [6.07, 6.45) is 1.21. The quantitative estimate of drug-likeness (QED) is 0.363. The van der Waals surface area contributed by atoms with Crippen LogP contribution in [0.2, 0.25) is 0 Å². The molecule has 6 nitrogen and oxygen atoms in total. The van der Waals surface area contributed by atoms with Crippen molar-refractivity contribution in [2.24, 2.45) is 0 Å². The number of benzene rings is 3. The molecule has 0 aliphatic heterocycles. The number of sulfonamides is 1. The molecular formula is C30H38N2O4S. The standard InChI is InChI=1S/C30H38N2O4S/c1-19(2)27-17-28(22(5)16-29(27)36-7)23(6)31-30(33)25-11-9-24(10-12-25)18-32(37(8,34)35)26-14-20(3)13-21(4)15-26/h9-17,19,23H,18H2,1-8H3,(H,31,33)/t23-/m1/s1. The highest BCUT2D eigenvalue weighted by Crippen LogP contribution is 2.32. The third-order valence-electron chi connectivity index (χ3n) is 6.49. The largest absolute Gasteiger partial charge is 0.496 e.